The number of imidazole rings is 1. The molecule has 0 aliphatic heterocycles. The van der Waals surface area contributed by atoms with E-state index in [1.807, 2.05) is 55.5 Å². The quantitative estimate of drug-likeness (QED) is 0.147. The van der Waals surface area contributed by atoms with Gasteiger partial charge in [-0.25, -0.2) is 9.78 Å². The lowest BCUT2D eigenvalue weighted by atomic mass is 10.1. The van der Waals surface area contributed by atoms with Gasteiger partial charge >= 0.3 is 5.97 Å². The molecule has 5 aromatic rings. The summed E-state index contributed by atoms with van der Waals surface area (Å²) < 4.78 is 14.0. The van der Waals surface area contributed by atoms with E-state index in [0.29, 0.717) is 45.9 Å². The van der Waals surface area contributed by atoms with Crippen molar-refractivity contribution in [2.75, 3.05) is 6.61 Å². The van der Waals surface area contributed by atoms with Crippen molar-refractivity contribution >= 4 is 52.0 Å². The smallest absolute Gasteiger partial charge is 0.343 e. The Balaban J connectivity index is 1.51. The molecule has 0 unspecified atom stereocenters. The summed E-state index contributed by atoms with van der Waals surface area (Å²) in [6.07, 6.45) is 1.77. The van der Waals surface area contributed by atoms with Crippen LogP contribution in [0.1, 0.15) is 27.3 Å². The van der Waals surface area contributed by atoms with Crippen LogP contribution in [0.15, 0.2) is 97.1 Å². The number of rotatable bonds is 8. The second-order valence-corrected chi connectivity index (χ2v) is 9.51. The Morgan fingerprint density at radius 3 is 2.18 bits per heavy atom. The fourth-order valence-electron chi connectivity index (χ4n) is 4.05. The Hall–Kier alpha value is -4.06. The molecule has 4 aromatic carbocycles. The van der Waals surface area contributed by atoms with Crippen LogP contribution >= 0.6 is 23.2 Å². The van der Waals surface area contributed by atoms with Gasteiger partial charge in [-0.05, 0) is 79.2 Å². The molecule has 0 radical (unpaired) electrons. The first-order valence-electron chi connectivity index (χ1n) is 12.1. The van der Waals surface area contributed by atoms with Crippen LogP contribution in [-0.2, 0) is 11.3 Å². The molecule has 0 aliphatic carbocycles. The zero-order valence-electron chi connectivity index (χ0n) is 20.6. The molecule has 0 saturated heterocycles. The van der Waals surface area contributed by atoms with Crippen LogP contribution in [-0.4, -0.2) is 22.1 Å². The summed E-state index contributed by atoms with van der Waals surface area (Å²) in [6, 6.07) is 29.4. The molecule has 1 heterocycles. The third-order valence-electron chi connectivity index (χ3n) is 6.02. The largest absolute Gasteiger partial charge is 0.491 e. The zero-order chi connectivity index (χ0) is 26.5. The molecular weight excluding hydrogens is 519 g/mol. The summed E-state index contributed by atoms with van der Waals surface area (Å²) in [5, 5.41) is 1.12. The fourth-order valence-corrected chi connectivity index (χ4v) is 4.30. The topological polar surface area (TPSA) is 53.4 Å². The molecule has 0 amide bonds. The van der Waals surface area contributed by atoms with Crippen LogP contribution in [0.4, 0.5) is 0 Å². The molecule has 5 rings (SSSR count). The number of benzene rings is 4. The minimum absolute atomic E-state index is 0.345. The van der Waals surface area contributed by atoms with Crippen LogP contribution in [0.25, 0.3) is 22.9 Å². The second kappa shape index (κ2) is 11.5. The van der Waals surface area contributed by atoms with Crippen LogP contribution in [0, 0.1) is 6.92 Å². The van der Waals surface area contributed by atoms with Gasteiger partial charge in [0.2, 0.25) is 0 Å². The van der Waals surface area contributed by atoms with Crippen LogP contribution in [0.2, 0.25) is 10.0 Å². The van der Waals surface area contributed by atoms with Gasteiger partial charge in [0.25, 0.3) is 0 Å². The number of hydrogen-bond acceptors (Lipinski definition) is 4. The highest BCUT2D eigenvalue weighted by molar-refractivity contribution is 6.31. The molecule has 0 spiro atoms. The van der Waals surface area contributed by atoms with Gasteiger partial charge < -0.3 is 14.0 Å². The highest BCUT2D eigenvalue weighted by Crippen LogP contribution is 2.26. The number of carbonyl (C=O) groups is 1. The lowest BCUT2D eigenvalue weighted by Gasteiger charge is -2.13. The third kappa shape index (κ3) is 5.91. The summed E-state index contributed by atoms with van der Waals surface area (Å²) in [5.74, 6) is 1.31. The molecule has 0 N–H and O–H groups in total. The van der Waals surface area contributed by atoms with Gasteiger partial charge in [-0.15, -0.1) is 0 Å². The summed E-state index contributed by atoms with van der Waals surface area (Å²) in [7, 11) is 0. The Kier molecular flexibility index (Phi) is 7.78. The highest BCUT2D eigenvalue weighted by Gasteiger charge is 2.16. The highest BCUT2D eigenvalue weighted by atomic mass is 35.5. The monoisotopic (exact) mass is 542 g/mol. The summed E-state index contributed by atoms with van der Waals surface area (Å²) >= 11 is 12.1. The summed E-state index contributed by atoms with van der Waals surface area (Å²) in [5.41, 5.74) is 3.92. The van der Waals surface area contributed by atoms with Crippen molar-refractivity contribution in [3.05, 3.63) is 130 Å². The molecular formula is C31H24Cl2N2O3. The zero-order valence-corrected chi connectivity index (χ0v) is 22.1. The number of hydrogen-bond donors (Lipinski definition) is 0. The standard InChI is InChI=1S/C31H24Cl2N2O3/c1-21-6-2-5-9-28(21)37-19-18-35-27-8-4-3-7-26(27)34-30(35)20-29(22-10-14-24(32)15-11-22)38-31(36)23-12-16-25(33)17-13-23/h2-17,20H,18-19H2,1H3. The second-order valence-electron chi connectivity index (χ2n) is 8.64. The molecule has 0 bridgehead atoms. The Morgan fingerprint density at radius 1 is 0.842 bits per heavy atom. The van der Waals surface area contributed by atoms with E-state index in [2.05, 4.69) is 4.57 Å². The van der Waals surface area contributed by atoms with Crippen LogP contribution in [0.5, 0.6) is 5.75 Å². The molecule has 5 nitrogen and oxygen atoms in total. The Labute approximate surface area is 230 Å². The number of halogens is 2. The lowest BCUT2D eigenvalue weighted by Crippen LogP contribution is -2.11. The first kappa shape index (κ1) is 25.6. The maximum Gasteiger partial charge on any atom is 0.343 e. The molecule has 0 atom stereocenters. The fraction of sp³-hybridized carbons (Fsp3) is 0.0968. The maximum atomic E-state index is 13.0. The molecule has 38 heavy (non-hydrogen) atoms. The minimum atomic E-state index is -0.506. The van der Waals surface area contributed by atoms with E-state index in [9.17, 15) is 4.79 Å². The average molecular weight is 543 g/mol. The molecule has 0 fully saturated rings. The molecule has 0 saturated carbocycles. The Morgan fingerprint density at radius 2 is 1.47 bits per heavy atom. The van der Waals surface area contributed by atoms with Gasteiger partial charge in [-0.1, -0.05) is 53.5 Å². The predicted molar refractivity (Wildman–Crippen MR) is 153 cm³/mol. The number of ether oxygens (including phenoxy) is 2. The van der Waals surface area contributed by atoms with Gasteiger partial charge in [0.1, 0.15) is 23.9 Å². The van der Waals surface area contributed by atoms with E-state index in [-0.39, 0.29) is 0 Å². The van der Waals surface area contributed by atoms with E-state index >= 15 is 0 Å². The van der Waals surface area contributed by atoms with Crippen molar-refractivity contribution in [2.45, 2.75) is 13.5 Å². The van der Waals surface area contributed by atoms with Crippen molar-refractivity contribution < 1.29 is 14.3 Å². The SMILES string of the molecule is Cc1ccccc1OCCn1c(C=C(OC(=O)c2ccc(Cl)cc2)c2ccc(Cl)cc2)nc2ccccc21. The minimum Gasteiger partial charge on any atom is -0.491 e. The van der Waals surface area contributed by atoms with Gasteiger partial charge in [-0.2, -0.15) is 0 Å². The van der Waals surface area contributed by atoms with Gasteiger partial charge in [0, 0.05) is 21.7 Å². The van der Waals surface area contributed by atoms with Crippen molar-refractivity contribution in [2.24, 2.45) is 0 Å². The normalized spacial score (nSPS) is 11.5. The van der Waals surface area contributed by atoms with Gasteiger partial charge in [0.05, 0.1) is 23.1 Å². The first-order valence-corrected chi connectivity index (χ1v) is 12.8. The molecule has 0 aliphatic rings. The van der Waals surface area contributed by atoms with Gasteiger partial charge in [-0.3, -0.25) is 0 Å². The third-order valence-corrected chi connectivity index (χ3v) is 6.53. The number of aryl methyl sites for hydroxylation is 1. The summed E-state index contributed by atoms with van der Waals surface area (Å²) in [4.78, 5) is 17.9. The summed E-state index contributed by atoms with van der Waals surface area (Å²) in [6.45, 7) is 3.00. The molecule has 7 heteroatoms. The van der Waals surface area contributed by atoms with Crippen LogP contribution < -0.4 is 4.74 Å². The average Bonchev–Trinajstić information content (AvgIpc) is 3.27. The number of carbonyl (C=O) groups excluding carboxylic acids is 1. The van der Waals surface area contributed by atoms with E-state index in [4.69, 9.17) is 37.7 Å². The van der Waals surface area contributed by atoms with Crippen molar-refractivity contribution in [3.63, 3.8) is 0 Å². The number of esters is 1. The predicted octanol–water partition coefficient (Wildman–Crippen LogP) is 8.09. The van der Waals surface area contributed by atoms with Crippen molar-refractivity contribution in [1.29, 1.82) is 0 Å². The maximum absolute atomic E-state index is 13.0. The van der Waals surface area contributed by atoms with E-state index in [1.54, 1.807) is 54.6 Å². The van der Waals surface area contributed by atoms with Crippen molar-refractivity contribution in [1.82, 2.24) is 9.55 Å². The molecule has 1 aromatic heterocycles. The molecule has 190 valence electrons. The number of aromatic nitrogens is 2. The van der Waals surface area contributed by atoms with E-state index < -0.39 is 5.97 Å². The van der Waals surface area contributed by atoms with Crippen LogP contribution in [0.3, 0.4) is 0 Å². The number of para-hydroxylation sites is 3. The Bertz CT molecular complexity index is 1610. The first-order chi connectivity index (χ1) is 18.5. The van der Waals surface area contributed by atoms with Gasteiger partial charge in [0.15, 0.2) is 0 Å². The van der Waals surface area contributed by atoms with E-state index in [0.717, 1.165) is 22.3 Å². The lowest BCUT2D eigenvalue weighted by molar-refractivity contribution is 0.0693. The van der Waals surface area contributed by atoms with E-state index in [1.165, 1.54) is 0 Å². The van der Waals surface area contributed by atoms with Crippen molar-refractivity contribution in [3.8, 4) is 5.75 Å². The number of nitrogens with zero attached hydrogens (tertiary/aromatic N) is 2. The number of fused-ring (bicyclic) bond motifs is 1.